The van der Waals surface area contributed by atoms with Gasteiger partial charge in [0.05, 0.1) is 0 Å². The summed E-state index contributed by atoms with van der Waals surface area (Å²) in [5.74, 6) is 2.06. The van der Waals surface area contributed by atoms with Crippen molar-refractivity contribution in [2.45, 2.75) is 6.92 Å². The van der Waals surface area contributed by atoms with Gasteiger partial charge in [-0.15, -0.1) is 0 Å². The Labute approximate surface area is 74.1 Å². The molecule has 2 aromatic rings. The Morgan fingerprint density at radius 1 is 1.31 bits per heavy atom. The highest BCUT2D eigenvalue weighted by Gasteiger charge is 2.19. The number of rotatable bonds is 0. The second kappa shape index (κ2) is 2.16. The number of fused-ring (bicyclic) bond motifs is 3. The first kappa shape index (κ1) is 6.77. The number of ether oxygens (including phenoxy) is 2. The summed E-state index contributed by atoms with van der Waals surface area (Å²) in [5, 5.41) is 0. The average molecular weight is 177 g/mol. The van der Waals surface area contributed by atoms with Gasteiger partial charge in [0.25, 0.3) is 0 Å². The highest BCUT2D eigenvalue weighted by atomic mass is 16.7. The van der Waals surface area contributed by atoms with Gasteiger partial charge in [-0.2, -0.15) is 0 Å². The lowest BCUT2D eigenvalue weighted by Gasteiger charge is -1.93. The predicted molar refractivity (Wildman–Crippen MR) is 44.9 cm³/mol. The lowest BCUT2D eigenvalue weighted by Crippen LogP contribution is -1.93. The molecule has 1 aliphatic rings. The van der Waals surface area contributed by atoms with Crippen molar-refractivity contribution in [2.24, 2.45) is 0 Å². The normalized spacial score (nSPS) is 13.9. The molecule has 1 aromatic heterocycles. The van der Waals surface area contributed by atoms with Crippen molar-refractivity contribution in [1.29, 1.82) is 0 Å². The molecular weight excluding hydrogens is 170 g/mol. The number of benzene rings is 1. The van der Waals surface area contributed by atoms with Crippen LogP contribution in [0.1, 0.15) is 5.89 Å². The molecule has 4 nitrogen and oxygen atoms in total. The lowest BCUT2D eigenvalue weighted by atomic mass is 10.3. The second-order valence-corrected chi connectivity index (χ2v) is 2.88. The monoisotopic (exact) mass is 177 g/mol. The summed E-state index contributed by atoms with van der Waals surface area (Å²) >= 11 is 0. The number of hydrogen-bond donors (Lipinski definition) is 0. The maximum Gasteiger partial charge on any atom is 0.231 e. The molecule has 0 bridgehead atoms. The summed E-state index contributed by atoms with van der Waals surface area (Å²) in [5.41, 5.74) is 1.48. The molecule has 0 N–H and O–H groups in total. The summed E-state index contributed by atoms with van der Waals surface area (Å²) in [6, 6.07) is 3.66. The average Bonchev–Trinajstić information content (AvgIpc) is 2.65. The van der Waals surface area contributed by atoms with E-state index in [4.69, 9.17) is 13.9 Å². The van der Waals surface area contributed by atoms with Crippen molar-refractivity contribution >= 4 is 11.1 Å². The van der Waals surface area contributed by atoms with Crippen LogP contribution in [-0.4, -0.2) is 11.8 Å². The minimum absolute atomic E-state index is 0.264. The van der Waals surface area contributed by atoms with Crippen molar-refractivity contribution in [3.63, 3.8) is 0 Å². The van der Waals surface area contributed by atoms with Crippen LogP contribution in [0.2, 0.25) is 0 Å². The first-order valence-electron chi connectivity index (χ1n) is 4.00. The van der Waals surface area contributed by atoms with Crippen LogP contribution >= 0.6 is 0 Å². The summed E-state index contributed by atoms with van der Waals surface area (Å²) in [7, 11) is 0. The molecular formula is C9H7NO3. The Bertz CT molecular complexity index is 475. The van der Waals surface area contributed by atoms with Gasteiger partial charge in [-0.1, -0.05) is 0 Å². The van der Waals surface area contributed by atoms with E-state index >= 15 is 0 Å². The third-order valence-electron chi connectivity index (χ3n) is 2.00. The van der Waals surface area contributed by atoms with Crippen molar-refractivity contribution in [3.05, 3.63) is 18.0 Å². The van der Waals surface area contributed by atoms with Crippen LogP contribution in [0, 0.1) is 6.92 Å². The molecule has 13 heavy (non-hydrogen) atoms. The van der Waals surface area contributed by atoms with Gasteiger partial charge in [0.2, 0.25) is 6.79 Å². The Morgan fingerprint density at radius 2 is 2.23 bits per heavy atom. The van der Waals surface area contributed by atoms with Gasteiger partial charge in [-0.3, -0.25) is 0 Å². The smallest absolute Gasteiger partial charge is 0.231 e. The van der Waals surface area contributed by atoms with Crippen LogP contribution in [-0.2, 0) is 0 Å². The second-order valence-electron chi connectivity index (χ2n) is 2.88. The van der Waals surface area contributed by atoms with Gasteiger partial charge >= 0.3 is 0 Å². The van der Waals surface area contributed by atoms with E-state index in [1.165, 1.54) is 0 Å². The van der Waals surface area contributed by atoms with Crippen LogP contribution in [0.15, 0.2) is 16.5 Å². The summed E-state index contributed by atoms with van der Waals surface area (Å²) in [4.78, 5) is 4.21. The zero-order valence-electron chi connectivity index (χ0n) is 7.03. The van der Waals surface area contributed by atoms with Gasteiger partial charge in [0.15, 0.2) is 28.5 Å². The fraction of sp³-hybridized carbons (Fsp3) is 0.222. The third-order valence-corrected chi connectivity index (χ3v) is 2.00. The van der Waals surface area contributed by atoms with E-state index < -0.39 is 0 Å². The molecule has 2 heterocycles. The van der Waals surface area contributed by atoms with Crippen LogP contribution in [0.4, 0.5) is 0 Å². The molecule has 0 fully saturated rings. The third kappa shape index (κ3) is 0.824. The van der Waals surface area contributed by atoms with Crippen LogP contribution in [0.25, 0.3) is 11.1 Å². The van der Waals surface area contributed by atoms with Gasteiger partial charge in [0.1, 0.15) is 0 Å². The van der Waals surface area contributed by atoms with Crippen molar-refractivity contribution in [2.75, 3.05) is 6.79 Å². The number of aryl methyl sites for hydroxylation is 1. The molecule has 0 aliphatic carbocycles. The number of aromatic nitrogens is 1. The molecule has 0 saturated heterocycles. The van der Waals surface area contributed by atoms with E-state index in [2.05, 4.69) is 4.98 Å². The van der Waals surface area contributed by atoms with Crippen LogP contribution in [0.5, 0.6) is 11.5 Å². The van der Waals surface area contributed by atoms with Crippen molar-refractivity contribution in [1.82, 2.24) is 4.98 Å². The molecule has 66 valence electrons. The topological polar surface area (TPSA) is 44.5 Å². The maximum atomic E-state index is 5.35. The number of nitrogens with zero attached hydrogens (tertiary/aromatic N) is 1. The quantitative estimate of drug-likeness (QED) is 0.616. The summed E-state index contributed by atoms with van der Waals surface area (Å²) < 4.78 is 15.8. The zero-order chi connectivity index (χ0) is 8.84. The predicted octanol–water partition coefficient (Wildman–Crippen LogP) is 1.86. The van der Waals surface area contributed by atoms with Gasteiger partial charge in [-0.25, -0.2) is 4.98 Å². The first-order chi connectivity index (χ1) is 6.34. The number of hydrogen-bond acceptors (Lipinski definition) is 4. The summed E-state index contributed by atoms with van der Waals surface area (Å²) in [6.07, 6.45) is 0. The SMILES string of the molecule is Cc1nc2c3c(ccc2o1)OCO3. The first-order valence-corrected chi connectivity index (χ1v) is 4.00. The zero-order valence-corrected chi connectivity index (χ0v) is 7.03. The van der Waals surface area contributed by atoms with Crippen molar-refractivity contribution in [3.8, 4) is 11.5 Å². The van der Waals surface area contributed by atoms with E-state index in [1.54, 1.807) is 0 Å². The fourth-order valence-electron chi connectivity index (χ4n) is 1.47. The minimum Gasteiger partial charge on any atom is -0.453 e. The molecule has 4 heteroatoms. The Kier molecular flexibility index (Phi) is 1.12. The molecule has 0 radical (unpaired) electrons. The highest BCUT2D eigenvalue weighted by Crippen LogP contribution is 2.38. The van der Waals surface area contributed by atoms with E-state index in [0.717, 1.165) is 16.8 Å². The molecule has 0 amide bonds. The van der Waals surface area contributed by atoms with Gasteiger partial charge in [-0.05, 0) is 12.1 Å². The Hall–Kier alpha value is -1.71. The molecule has 0 unspecified atom stereocenters. The van der Waals surface area contributed by atoms with E-state index in [0.29, 0.717) is 11.6 Å². The molecule has 1 aliphatic heterocycles. The highest BCUT2D eigenvalue weighted by molar-refractivity contribution is 5.83. The fourth-order valence-corrected chi connectivity index (χ4v) is 1.47. The van der Waals surface area contributed by atoms with Crippen LogP contribution in [0.3, 0.4) is 0 Å². The van der Waals surface area contributed by atoms with E-state index in [-0.39, 0.29) is 6.79 Å². The Morgan fingerprint density at radius 3 is 3.15 bits per heavy atom. The van der Waals surface area contributed by atoms with E-state index in [1.807, 2.05) is 19.1 Å². The molecule has 0 atom stereocenters. The number of oxazole rings is 1. The maximum absolute atomic E-state index is 5.35. The van der Waals surface area contributed by atoms with E-state index in [9.17, 15) is 0 Å². The molecule has 1 aromatic carbocycles. The Balaban J connectivity index is 2.42. The largest absolute Gasteiger partial charge is 0.453 e. The standard InChI is InChI=1S/C9H7NO3/c1-5-10-8-6(13-5)2-3-7-9(8)12-4-11-7/h2-3H,4H2,1H3. The van der Waals surface area contributed by atoms with Gasteiger partial charge in [0, 0.05) is 6.92 Å². The minimum atomic E-state index is 0.264. The summed E-state index contributed by atoms with van der Waals surface area (Å²) in [6.45, 7) is 2.07. The molecule has 0 spiro atoms. The molecule has 0 saturated carbocycles. The van der Waals surface area contributed by atoms with Crippen LogP contribution < -0.4 is 9.47 Å². The lowest BCUT2D eigenvalue weighted by molar-refractivity contribution is 0.174. The van der Waals surface area contributed by atoms with Crippen molar-refractivity contribution < 1.29 is 13.9 Å². The molecule has 3 rings (SSSR count). The van der Waals surface area contributed by atoms with Gasteiger partial charge < -0.3 is 13.9 Å².